The number of rotatable bonds is 8. The first-order valence-electron chi connectivity index (χ1n) is 10.1. The molecule has 1 aromatic heterocycles. The number of hydrogen-bond acceptors (Lipinski definition) is 3. The molecule has 2 aromatic rings. The molecule has 4 N–H and O–H groups in total. The van der Waals surface area contributed by atoms with E-state index in [1.54, 1.807) is 7.05 Å². The number of nitrogens with zero attached hydrogens (tertiary/aromatic N) is 1. The lowest BCUT2D eigenvalue weighted by molar-refractivity contribution is 0.146. The van der Waals surface area contributed by atoms with E-state index >= 15 is 0 Å². The Hall–Kier alpha value is -1.97. The normalized spacial score (nSPS) is 14.8. The summed E-state index contributed by atoms with van der Waals surface area (Å²) in [6, 6.07) is 8.44. The number of aliphatic imine (C=N–C) groups is 1. The molecule has 29 heavy (non-hydrogen) atoms. The average Bonchev–Trinajstić information content (AvgIpc) is 3.48. The quantitative estimate of drug-likeness (QED) is 0.248. The van der Waals surface area contributed by atoms with Crippen molar-refractivity contribution in [2.45, 2.75) is 39.2 Å². The van der Waals surface area contributed by atoms with Crippen LogP contribution < -0.4 is 16.0 Å². The third kappa shape index (κ3) is 6.52. The van der Waals surface area contributed by atoms with Gasteiger partial charge in [0.1, 0.15) is 0 Å². The molecule has 1 fully saturated rings. The van der Waals surface area contributed by atoms with Crippen LogP contribution in [0.2, 0.25) is 0 Å². The second-order valence-corrected chi connectivity index (χ2v) is 7.21. The van der Waals surface area contributed by atoms with Gasteiger partial charge < -0.3 is 25.7 Å². The van der Waals surface area contributed by atoms with Gasteiger partial charge in [0, 0.05) is 36.7 Å². The number of aromatic amines is 1. The van der Waals surface area contributed by atoms with Crippen molar-refractivity contribution in [1.82, 2.24) is 20.9 Å². The van der Waals surface area contributed by atoms with Crippen LogP contribution in [0.1, 0.15) is 31.0 Å². The van der Waals surface area contributed by atoms with E-state index in [0.29, 0.717) is 19.1 Å². The molecule has 1 heterocycles. The molecule has 1 amide bonds. The highest BCUT2D eigenvalue weighted by atomic mass is 127. The molecule has 1 aliphatic carbocycles. The van der Waals surface area contributed by atoms with Crippen LogP contribution in [0.25, 0.3) is 10.9 Å². The maximum Gasteiger partial charge on any atom is 0.407 e. The summed E-state index contributed by atoms with van der Waals surface area (Å²) in [5, 5.41) is 10.9. The first kappa shape index (κ1) is 23.3. The van der Waals surface area contributed by atoms with Crippen LogP contribution >= 0.6 is 24.0 Å². The summed E-state index contributed by atoms with van der Waals surface area (Å²) in [4.78, 5) is 19.5. The van der Waals surface area contributed by atoms with E-state index in [2.05, 4.69) is 51.0 Å². The van der Waals surface area contributed by atoms with Crippen molar-refractivity contribution in [1.29, 1.82) is 0 Å². The molecule has 1 saturated carbocycles. The van der Waals surface area contributed by atoms with Crippen LogP contribution in [0, 0.1) is 12.8 Å². The second-order valence-electron chi connectivity index (χ2n) is 7.21. The van der Waals surface area contributed by atoms with Gasteiger partial charge in [0.25, 0.3) is 0 Å². The second kappa shape index (κ2) is 11.3. The molecule has 0 radical (unpaired) electrons. The number of guanidine groups is 1. The summed E-state index contributed by atoms with van der Waals surface area (Å²) >= 11 is 0. The van der Waals surface area contributed by atoms with E-state index < -0.39 is 0 Å². The van der Waals surface area contributed by atoms with Crippen LogP contribution in [0.3, 0.4) is 0 Å². The Labute approximate surface area is 189 Å². The van der Waals surface area contributed by atoms with Crippen molar-refractivity contribution >= 4 is 46.9 Å². The number of carbonyl (C=O) groups is 1. The zero-order valence-corrected chi connectivity index (χ0v) is 19.7. The van der Waals surface area contributed by atoms with E-state index in [1.807, 2.05) is 13.0 Å². The minimum absolute atomic E-state index is 0. The lowest BCUT2D eigenvalue weighted by Crippen LogP contribution is -2.48. The molecule has 3 rings (SSSR count). The molecule has 1 aromatic carbocycles. The minimum atomic E-state index is -0.348. The monoisotopic (exact) mass is 513 g/mol. The molecule has 7 nitrogen and oxygen atoms in total. The fourth-order valence-electron chi connectivity index (χ4n) is 3.55. The highest BCUT2D eigenvalue weighted by Gasteiger charge is 2.32. The van der Waals surface area contributed by atoms with E-state index in [9.17, 15) is 4.79 Å². The predicted molar refractivity (Wildman–Crippen MR) is 128 cm³/mol. The van der Waals surface area contributed by atoms with Crippen molar-refractivity contribution < 1.29 is 9.53 Å². The topological polar surface area (TPSA) is 90.5 Å². The Morgan fingerprint density at radius 2 is 2.07 bits per heavy atom. The Kier molecular flexibility index (Phi) is 9.06. The van der Waals surface area contributed by atoms with E-state index in [-0.39, 0.29) is 36.1 Å². The van der Waals surface area contributed by atoms with Crippen molar-refractivity contribution in [3.8, 4) is 0 Å². The molecule has 0 bridgehead atoms. The van der Waals surface area contributed by atoms with Gasteiger partial charge >= 0.3 is 6.09 Å². The molecule has 0 spiro atoms. The molecule has 160 valence electrons. The van der Waals surface area contributed by atoms with E-state index in [4.69, 9.17) is 4.74 Å². The minimum Gasteiger partial charge on any atom is -0.450 e. The van der Waals surface area contributed by atoms with Crippen molar-refractivity contribution in [2.24, 2.45) is 10.9 Å². The van der Waals surface area contributed by atoms with Crippen molar-refractivity contribution in [3.05, 3.63) is 35.5 Å². The number of aryl methyl sites for hydroxylation is 1. The Morgan fingerprint density at radius 3 is 2.76 bits per heavy atom. The zero-order valence-electron chi connectivity index (χ0n) is 17.4. The third-order valence-electron chi connectivity index (χ3n) is 5.18. The largest absolute Gasteiger partial charge is 0.450 e. The maximum atomic E-state index is 11.7. The Balaban J connectivity index is 0.00000300. The van der Waals surface area contributed by atoms with Gasteiger partial charge in [-0.1, -0.05) is 18.2 Å². The average molecular weight is 513 g/mol. The van der Waals surface area contributed by atoms with Gasteiger partial charge in [0.05, 0.1) is 12.6 Å². The summed E-state index contributed by atoms with van der Waals surface area (Å²) in [6.45, 7) is 5.72. The summed E-state index contributed by atoms with van der Waals surface area (Å²) in [7, 11) is 1.76. The van der Waals surface area contributed by atoms with Gasteiger partial charge in [-0.15, -0.1) is 24.0 Å². The van der Waals surface area contributed by atoms with E-state index in [0.717, 1.165) is 31.8 Å². The molecule has 1 atom stereocenters. The molecular weight excluding hydrogens is 481 g/mol. The summed E-state index contributed by atoms with van der Waals surface area (Å²) in [5.41, 5.74) is 3.71. The van der Waals surface area contributed by atoms with Gasteiger partial charge in [0.15, 0.2) is 5.96 Å². The number of fused-ring (bicyclic) bond motifs is 1. The highest BCUT2D eigenvalue weighted by molar-refractivity contribution is 14.0. The third-order valence-corrected chi connectivity index (χ3v) is 5.18. The SMILES string of the molecule is CCOC(=O)NC(CNC(=NC)NCCc1c(C)[nH]c2ccccc12)C1CC1.I. The standard InChI is InChI=1S/C21H31N5O2.HI/c1-4-28-21(27)26-19(15-9-10-15)13-24-20(22-3)23-12-11-16-14(2)25-18-8-6-5-7-17(16)18;/h5-8,15,19,25H,4,9-13H2,1-3H3,(H,26,27)(H2,22,23,24);1H. The first-order valence-corrected chi connectivity index (χ1v) is 10.1. The Bertz CT molecular complexity index is 832. The predicted octanol–water partition coefficient (Wildman–Crippen LogP) is 3.33. The summed E-state index contributed by atoms with van der Waals surface area (Å²) < 4.78 is 5.01. The molecular formula is C21H32IN5O2. The molecule has 8 heteroatoms. The number of amides is 1. The number of alkyl carbamates (subject to hydrolysis) is 1. The summed E-state index contributed by atoms with van der Waals surface area (Å²) in [6.07, 6.45) is 2.85. The van der Waals surface area contributed by atoms with Gasteiger partial charge in [-0.2, -0.15) is 0 Å². The highest BCUT2D eigenvalue weighted by Crippen LogP contribution is 2.32. The van der Waals surface area contributed by atoms with E-state index in [1.165, 1.54) is 22.2 Å². The smallest absolute Gasteiger partial charge is 0.407 e. The number of carbonyl (C=O) groups excluding carboxylic acids is 1. The van der Waals surface area contributed by atoms with Gasteiger partial charge in [-0.05, 0) is 50.7 Å². The van der Waals surface area contributed by atoms with Crippen LogP contribution in [-0.4, -0.2) is 49.8 Å². The number of hydrogen-bond donors (Lipinski definition) is 4. The maximum absolute atomic E-state index is 11.7. The summed E-state index contributed by atoms with van der Waals surface area (Å²) in [5.74, 6) is 1.26. The first-order chi connectivity index (χ1) is 13.6. The van der Waals surface area contributed by atoms with Crippen molar-refractivity contribution in [3.63, 3.8) is 0 Å². The number of para-hydroxylation sites is 1. The van der Waals surface area contributed by atoms with Crippen LogP contribution in [0.15, 0.2) is 29.3 Å². The Morgan fingerprint density at radius 1 is 1.31 bits per heavy atom. The van der Waals surface area contributed by atoms with Gasteiger partial charge in [-0.3, -0.25) is 4.99 Å². The number of aromatic nitrogens is 1. The van der Waals surface area contributed by atoms with Crippen LogP contribution in [0.4, 0.5) is 4.79 Å². The van der Waals surface area contributed by atoms with Crippen LogP contribution in [0.5, 0.6) is 0 Å². The molecule has 0 saturated heterocycles. The number of halogens is 1. The molecule has 1 unspecified atom stereocenters. The number of benzene rings is 1. The fraction of sp³-hybridized carbons (Fsp3) is 0.524. The van der Waals surface area contributed by atoms with Crippen molar-refractivity contribution in [2.75, 3.05) is 26.7 Å². The fourth-order valence-corrected chi connectivity index (χ4v) is 3.55. The lowest BCUT2D eigenvalue weighted by Gasteiger charge is -2.20. The van der Waals surface area contributed by atoms with Crippen LogP contribution in [-0.2, 0) is 11.2 Å². The van der Waals surface area contributed by atoms with Gasteiger partial charge in [-0.25, -0.2) is 4.79 Å². The molecule has 0 aliphatic heterocycles. The van der Waals surface area contributed by atoms with Gasteiger partial charge in [0.2, 0.25) is 0 Å². The number of H-pyrrole nitrogens is 1. The number of nitrogens with one attached hydrogen (secondary N) is 4. The number of ether oxygens (including phenoxy) is 1. The zero-order chi connectivity index (χ0) is 19.9. The lowest BCUT2D eigenvalue weighted by atomic mass is 10.1. The molecule has 1 aliphatic rings.